The van der Waals surface area contributed by atoms with Crippen molar-refractivity contribution in [1.29, 1.82) is 0 Å². The van der Waals surface area contributed by atoms with Crippen molar-refractivity contribution in [3.63, 3.8) is 0 Å². The number of rotatable bonds is 6. The molecule has 17 heavy (non-hydrogen) atoms. The van der Waals surface area contributed by atoms with Gasteiger partial charge in [-0.3, -0.25) is 14.8 Å². The molecule has 1 heterocycles. The number of guanidine groups is 1. The third kappa shape index (κ3) is 5.50. The first-order valence-corrected chi connectivity index (χ1v) is 5.44. The van der Waals surface area contributed by atoms with Crippen molar-refractivity contribution in [1.82, 2.24) is 10.3 Å². The van der Waals surface area contributed by atoms with Gasteiger partial charge in [-0.2, -0.15) is 0 Å². The molecule has 6 nitrogen and oxygen atoms in total. The zero-order valence-electron chi connectivity index (χ0n) is 9.60. The molecule has 92 valence electrons. The fourth-order valence-corrected chi connectivity index (χ4v) is 1.25. The highest BCUT2D eigenvalue weighted by molar-refractivity contribution is 5.93. The maximum absolute atomic E-state index is 11.6. The Hall–Kier alpha value is -2.11. The SMILES string of the molecule is NC(N)=NCCCCNC(=O)c1cccnc1. The average molecular weight is 235 g/mol. The quantitative estimate of drug-likeness (QED) is 0.362. The largest absolute Gasteiger partial charge is 0.370 e. The molecular weight excluding hydrogens is 218 g/mol. The van der Waals surface area contributed by atoms with Crippen molar-refractivity contribution >= 4 is 11.9 Å². The van der Waals surface area contributed by atoms with E-state index in [0.717, 1.165) is 12.8 Å². The molecule has 0 atom stereocenters. The Morgan fingerprint density at radius 1 is 1.41 bits per heavy atom. The molecule has 1 aromatic rings. The summed E-state index contributed by atoms with van der Waals surface area (Å²) in [4.78, 5) is 19.3. The first-order chi connectivity index (χ1) is 8.20. The van der Waals surface area contributed by atoms with E-state index < -0.39 is 0 Å². The van der Waals surface area contributed by atoms with Crippen molar-refractivity contribution in [3.8, 4) is 0 Å². The van der Waals surface area contributed by atoms with Crippen molar-refractivity contribution in [2.75, 3.05) is 13.1 Å². The summed E-state index contributed by atoms with van der Waals surface area (Å²) in [6.07, 6.45) is 4.84. The van der Waals surface area contributed by atoms with Gasteiger partial charge in [-0.05, 0) is 25.0 Å². The summed E-state index contributed by atoms with van der Waals surface area (Å²) in [6, 6.07) is 3.45. The van der Waals surface area contributed by atoms with Crippen LogP contribution in [-0.2, 0) is 0 Å². The Balaban J connectivity index is 2.15. The molecule has 0 aliphatic carbocycles. The summed E-state index contributed by atoms with van der Waals surface area (Å²) in [5, 5.41) is 2.80. The third-order valence-corrected chi connectivity index (χ3v) is 2.09. The zero-order valence-corrected chi connectivity index (χ0v) is 9.60. The van der Waals surface area contributed by atoms with E-state index in [9.17, 15) is 4.79 Å². The van der Waals surface area contributed by atoms with E-state index in [4.69, 9.17) is 11.5 Å². The Morgan fingerprint density at radius 2 is 2.24 bits per heavy atom. The van der Waals surface area contributed by atoms with Crippen LogP contribution in [0.25, 0.3) is 0 Å². The van der Waals surface area contributed by atoms with Gasteiger partial charge in [0.15, 0.2) is 5.96 Å². The minimum absolute atomic E-state index is 0.101. The van der Waals surface area contributed by atoms with E-state index in [1.807, 2.05) is 0 Å². The molecule has 1 amide bonds. The van der Waals surface area contributed by atoms with Crippen molar-refractivity contribution in [2.24, 2.45) is 16.5 Å². The Morgan fingerprint density at radius 3 is 2.88 bits per heavy atom. The van der Waals surface area contributed by atoms with E-state index >= 15 is 0 Å². The predicted molar refractivity (Wildman–Crippen MR) is 66.5 cm³/mol. The predicted octanol–water partition coefficient (Wildman–Crippen LogP) is -0.135. The molecule has 0 unspecified atom stereocenters. The number of nitrogens with two attached hydrogens (primary N) is 2. The number of hydrogen-bond donors (Lipinski definition) is 3. The molecule has 0 saturated heterocycles. The number of hydrogen-bond acceptors (Lipinski definition) is 3. The van der Waals surface area contributed by atoms with Gasteiger partial charge in [0.25, 0.3) is 5.91 Å². The van der Waals surface area contributed by atoms with Crippen molar-refractivity contribution < 1.29 is 4.79 Å². The first kappa shape index (κ1) is 13.0. The lowest BCUT2D eigenvalue weighted by Gasteiger charge is -2.03. The highest BCUT2D eigenvalue weighted by Gasteiger charge is 2.02. The third-order valence-electron chi connectivity index (χ3n) is 2.09. The Labute approximate surface area is 100 Å². The number of carbonyl (C=O) groups is 1. The molecule has 0 bridgehead atoms. The van der Waals surface area contributed by atoms with Gasteiger partial charge in [0.2, 0.25) is 0 Å². The van der Waals surface area contributed by atoms with Crippen LogP contribution in [0.1, 0.15) is 23.2 Å². The van der Waals surface area contributed by atoms with Gasteiger partial charge in [0.1, 0.15) is 0 Å². The van der Waals surface area contributed by atoms with Crippen LogP contribution in [-0.4, -0.2) is 29.9 Å². The van der Waals surface area contributed by atoms with Gasteiger partial charge in [0.05, 0.1) is 5.56 Å². The molecule has 0 fully saturated rings. The number of nitrogens with one attached hydrogen (secondary N) is 1. The molecule has 1 rings (SSSR count). The van der Waals surface area contributed by atoms with Gasteiger partial charge in [0, 0.05) is 25.5 Å². The second-order valence-electron chi connectivity index (χ2n) is 3.51. The number of aromatic nitrogens is 1. The highest BCUT2D eigenvalue weighted by atomic mass is 16.1. The van der Waals surface area contributed by atoms with Gasteiger partial charge in [-0.15, -0.1) is 0 Å². The number of amides is 1. The lowest BCUT2D eigenvalue weighted by Crippen LogP contribution is -2.25. The highest BCUT2D eigenvalue weighted by Crippen LogP contribution is 1.95. The van der Waals surface area contributed by atoms with Crippen LogP contribution in [0.2, 0.25) is 0 Å². The minimum Gasteiger partial charge on any atom is -0.370 e. The molecule has 0 radical (unpaired) electrons. The van der Waals surface area contributed by atoms with Crippen molar-refractivity contribution in [2.45, 2.75) is 12.8 Å². The summed E-state index contributed by atoms with van der Waals surface area (Å²) in [5.41, 5.74) is 10.9. The lowest BCUT2D eigenvalue weighted by molar-refractivity contribution is 0.0952. The van der Waals surface area contributed by atoms with Crippen LogP contribution >= 0.6 is 0 Å². The summed E-state index contributed by atoms with van der Waals surface area (Å²) < 4.78 is 0. The smallest absolute Gasteiger partial charge is 0.252 e. The van der Waals surface area contributed by atoms with E-state index in [-0.39, 0.29) is 11.9 Å². The summed E-state index contributed by atoms with van der Waals surface area (Å²) in [5.74, 6) is -0.00987. The van der Waals surface area contributed by atoms with Crippen LogP contribution in [0.5, 0.6) is 0 Å². The molecular formula is C11H17N5O. The standard InChI is InChI=1S/C11H17N5O/c12-11(13)16-7-2-1-6-15-10(17)9-4-3-5-14-8-9/h3-5,8H,1-2,6-7H2,(H,15,17)(H4,12,13,16). The molecule has 0 aromatic carbocycles. The van der Waals surface area contributed by atoms with E-state index in [2.05, 4.69) is 15.3 Å². The van der Waals surface area contributed by atoms with Crippen LogP contribution in [0.4, 0.5) is 0 Å². The molecule has 5 N–H and O–H groups in total. The fraction of sp³-hybridized carbons (Fsp3) is 0.364. The van der Waals surface area contributed by atoms with E-state index in [1.165, 1.54) is 6.20 Å². The minimum atomic E-state index is -0.111. The number of nitrogens with zero attached hydrogens (tertiary/aromatic N) is 2. The molecule has 1 aromatic heterocycles. The number of unbranched alkanes of at least 4 members (excludes halogenated alkanes) is 1. The topological polar surface area (TPSA) is 106 Å². The number of aliphatic imine (C=N–C) groups is 1. The molecule has 0 aliphatic heterocycles. The van der Waals surface area contributed by atoms with Crippen LogP contribution in [0.3, 0.4) is 0 Å². The first-order valence-electron chi connectivity index (χ1n) is 5.44. The average Bonchev–Trinajstić information content (AvgIpc) is 2.34. The second-order valence-corrected chi connectivity index (χ2v) is 3.51. The van der Waals surface area contributed by atoms with E-state index in [1.54, 1.807) is 18.3 Å². The van der Waals surface area contributed by atoms with E-state index in [0.29, 0.717) is 18.7 Å². The molecule has 0 saturated carbocycles. The number of carbonyl (C=O) groups excluding carboxylic acids is 1. The second kappa shape index (κ2) is 7.21. The van der Waals surface area contributed by atoms with Crippen molar-refractivity contribution in [3.05, 3.63) is 30.1 Å². The summed E-state index contributed by atoms with van der Waals surface area (Å²) in [7, 11) is 0. The Bertz CT molecular complexity index is 373. The lowest BCUT2D eigenvalue weighted by atomic mass is 10.2. The van der Waals surface area contributed by atoms with Gasteiger partial charge in [-0.25, -0.2) is 0 Å². The molecule has 0 spiro atoms. The summed E-state index contributed by atoms with van der Waals surface area (Å²) in [6.45, 7) is 1.19. The monoisotopic (exact) mass is 235 g/mol. The zero-order chi connectivity index (χ0) is 12.5. The fourth-order valence-electron chi connectivity index (χ4n) is 1.25. The maximum atomic E-state index is 11.6. The number of pyridine rings is 1. The molecule has 0 aliphatic rings. The van der Waals surface area contributed by atoms with Gasteiger partial charge >= 0.3 is 0 Å². The molecule has 6 heteroatoms. The maximum Gasteiger partial charge on any atom is 0.252 e. The van der Waals surface area contributed by atoms with Crippen LogP contribution < -0.4 is 16.8 Å². The van der Waals surface area contributed by atoms with Crippen LogP contribution in [0.15, 0.2) is 29.5 Å². The normalized spacial score (nSPS) is 9.65. The Kier molecular flexibility index (Phi) is 5.50. The summed E-state index contributed by atoms with van der Waals surface area (Å²) >= 11 is 0. The van der Waals surface area contributed by atoms with Gasteiger partial charge in [-0.1, -0.05) is 0 Å². The van der Waals surface area contributed by atoms with Crippen LogP contribution in [0, 0.1) is 0 Å². The van der Waals surface area contributed by atoms with Gasteiger partial charge < -0.3 is 16.8 Å².